The SMILES string of the molecule is O=C1c2cc(Br)sc2-c2sc(Br)cc21. The van der Waals surface area contributed by atoms with E-state index in [0.29, 0.717) is 0 Å². The van der Waals surface area contributed by atoms with Crippen LogP contribution in [0.3, 0.4) is 0 Å². The fourth-order valence-electron chi connectivity index (χ4n) is 1.54. The van der Waals surface area contributed by atoms with E-state index in [4.69, 9.17) is 0 Å². The van der Waals surface area contributed by atoms with Gasteiger partial charge in [0.1, 0.15) is 0 Å². The topological polar surface area (TPSA) is 17.1 Å². The quantitative estimate of drug-likeness (QED) is 0.582. The number of hydrogen-bond acceptors (Lipinski definition) is 3. The van der Waals surface area contributed by atoms with Gasteiger partial charge in [-0.05, 0) is 44.0 Å². The van der Waals surface area contributed by atoms with Gasteiger partial charge < -0.3 is 0 Å². The third kappa shape index (κ3) is 1.13. The van der Waals surface area contributed by atoms with Crippen molar-refractivity contribution in [3.05, 3.63) is 30.8 Å². The predicted octanol–water partition coefficient (Wildman–Crippen LogP) is 4.55. The standard InChI is InChI=1S/C9H2Br2OS2/c10-5-1-3-7(12)4-2-6(11)14-9(4)8(3)13-5/h1-2H. The maximum absolute atomic E-state index is 11.9. The highest BCUT2D eigenvalue weighted by molar-refractivity contribution is 9.11. The molecule has 0 N–H and O–H groups in total. The van der Waals surface area contributed by atoms with Crippen molar-refractivity contribution in [1.82, 2.24) is 0 Å². The maximum atomic E-state index is 11.9. The third-order valence-electron chi connectivity index (χ3n) is 2.10. The molecule has 1 aliphatic carbocycles. The fourth-order valence-corrected chi connectivity index (χ4v) is 4.89. The van der Waals surface area contributed by atoms with Gasteiger partial charge >= 0.3 is 0 Å². The summed E-state index contributed by atoms with van der Waals surface area (Å²) in [5.74, 6) is 0.152. The molecule has 0 spiro atoms. The van der Waals surface area contributed by atoms with E-state index in [1.165, 1.54) is 0 Å². The Morgan fingerprint density at radius 3 is 1.79 bits per heavy atom. The maximum Gasteiger partial charge on any atom is 0.196 e. The van der Waals surface area contributed by atoms with Crippen molar-refractivity contribution in [3.8, 4) is 9.75 Å². The zero-order valence-electron chi connectivity index (χ0n) is 6.64. The minimum atomic E-state index is 0.152. The molecule has 0 saturated carbocycles. The zero-order valence-corrected chi connectivity index (χ0v) is 11.4. The Hall–Kier alpha value is 0.0300. The molecule has 0 atom stereocenters. The molecule has 0 aliphatic heterocycles. The Kier molecular flexibility index (Phi) is 1.99. The van der Waals surface area contributed by atoms with Crippen LogP contribution < -0.4 is 0 Å². The number of thiophene rings is 2. The van der Waals surface area contributed by atoms with Crippen LogP contribution in [0.1, 0.15) is 15.9 Å². The first kappa shape index (κ1) is 9.27. The highest BCUT2D eigenvalue weighted by atomic mass is 79.9. The Bertz CT molecular complexity index is 505. The van der Waals surface area contributed by atoms with Crippen LogP contribution in [-0.4, -0.2) is 5.78 Å². The molecule has 0 aromatic carbocycles. The van der Waals surface area contributed by atoms with Crippen molar-refractivity contribution in [2.45, 2.75) is 0 Å². The van der Waals surface area contributed by atoms with Gasteiger partial charge in [0.15, 0.2) is 5.78 Å². The molecule has 1 aliphatic rings. The van der Waals surface area contributed by atoms with E-state index in [1.54, 1.807) is 22.7 Å². The molecule has 0 unspecified atom stereocenters. The van der Waals surface area contributed by atoms with Crippen molar-refractivity contribution in [1.29, 1.82) is 0 Å². The zero-order chi connectivity index (χ0) is 9.87. The van der Waals surface area contributed by atoms with Crippen LogP contribution in [0.5, 0.6) is 0 Å². The molecular weight excluding hydrogens is 348 g/mol. The lowest BCUT2D eigenvalue weighted by Gasteiger charge is -1.85. The van der Waals surface area contributed by atoms with E-state index in [9.17, 15) is 4.79 Å². The molecule has 2 aromatic rings. The Morgan fingerprint density at radius 2 is 1.36 bits per heavy atom. The van der Waals surface area contributed by atoms with Crippen LogP contribution in [0.4, 0.5) is 0 Å². The second-order valence-electron chi connectivity index (χ2n) is 2.92. The molecular formula is C9H2Br2OS2. The fraction of sp³-hybridized carbons (Fsp3) is 0. The van der Waals surface area contributed by atoms with Gasteiger partial charge in [-0.2, -0.15) is 0 Å². The number of carbonyl (C=O) groups excluding carboxylic acids is 1. The first-order valence-corrected chi connectivity index (χ1v) is 7.02. The Morgan fingerprint density at radius 1 is 0.929 bits per heavy atom. The van der Waals surface area contributed by atoms with Gasteiger partial charge in [-0.1, -0.05) is 0 Å². The van der Waals surface area contributed by atoms with Gasteiger partial charge in [-0.25, -0.2) is 0 Å². The van der Waals surface area contributed by atoms with Crippen LogP contribution in [0.15, 0.2) is 19.7 Å². The van der Waals surface area contributed by atoms with E-state index >= 15 is 0 Å². The monoisotopic (exact) mass is 348 g/mol. The summed E-state index contributed by atoms with van der Waals surface area (Å²) < 4.78 is 2.04. The van der Waals surface area contributed by atoms with Crippen molar-refractivity contribution in [2.75, 3.05) is 0 Å². The number of hydrogen-bond donors (Lipinski definition) is 0. The molecule has 2 heterocycles. The molecule has 0 bridgehead atoms. The Balaban J connectivity index is 2.37. The molecule has 0 amide bonds. The number of fused-ring (bicyclic) bond motifs is 3. The smallest absolute Gasteiger partial charge is 0.196 e. The summed E-state index contributed by atoms with van der Waals surface area (Å²) in [4.78, 5) is 14.1. The summed E-state index contributed by atoms with van der Waals surface area (Å²) in [5, 5.41) is 0. The Labute approximate surface area is 105 Å². The van der Waals surface area contributed by atoms with E-state index < -0.39 is 0 Å². The molecule has 5 heteroatoms. The van der Waals surface area contributed by atoms with Crippen LogP contribution in [0.25, 0.3) is 9.75 Å². The van der Waals surface area contributed by atoms with E-state index in [0.717, 1.165) is 28.5 Å². The van der Waals surface area contributed by atoms with Gasteiger partial charge in [0.2, 0.25) is 0 Å². The summed E-state index contributed by atoms with van der Waals surface area (Å²) in [5.41, 5.74) is 1.69. The molecule has 1 nitrogen and oxygen atoms in total. The first-order valence-electron chi connectivity index (χ1n) is 3.80. The van der Waals surface area contributed by atoms with Gasteiger partial charge in [-0.3, -0.25) is 4.79 Å². The average molecular weight is 350 g/mol. The lowest BCUT2D eigenvalue weighted by atomic mass is 10.2. The van der Waals surface area contributed by atoms with E-state index in [2.05, 4.69) is 31.9 Å². The first-order chi connectivity index (χ1) is 6.66. The average Bonchev–Trinajstić information content (AvgIpc) is 2.71. The number of ketones is 1. The highest BCUT2D eigenvalue weighted by Gasteiger charge is 2.31. The normalized spacial score (nSPS) is 13.1. The van der Waals surface area contributed by atoms with Crippen LogP contribution in [-0.2, 0) is 0 Å². The molecule has 0 saturated heterocycles. The van der Waals surface area contributed by atoms with Gasteiger partial charge in [-0.15, -0.1) is 22.7 Å². The van der Waals surface area contributed by atoms with Crippen molar-refractivity contribution in [2.24, 2.45) is 0 Å². The molecule has 70 valence electrons. The van der Waals surface area contributed by atoms with Gasteiger partial charge in [0.25, 0.3) is 0 Å². The molecule has 3 rings (SSSR count). The summed E-state index contributed by atoms with van der Waals surface area (Å²) in [6.07, 6.45) is 0. The minimum absolute atomic E-state index is 0.152. The summed E-state index contributed by atoms with van der Waals surface area (Å²) in [6.45, 7) is 0. The lowest BCUT2D eigenvalue weighted by Crippen LogP contribution is -1.91. The predicted molar refractivity (Wildman–Crippen MR) is 66.5 cm³/mol. The summed E-state index contributed by atoms with van der Waals surface area (Å²) >= 11 is 10.1. The van der Waals surface area contributed by atoms with Crippen molar-refractivity contribution >= 4 is 60.3 Å². The third-order valence-corrected chi connectivity index (χ3v) is 5.54. The van der Waals surface area contributed by atoms with Crippen LogP contribution in [0.2, 0.25) is 0 Å². The number of rotatable bonds is 0. The van der Waals surface area contributed by atoms with E-state index in [1.807, 2.05) is 12.1 Å². The van der Waals surface area contributed by atoms with Gasteiger partial charge in [0, 0.05) is 11.1 Å². The molecule has 14 heavy (non-hydrogen) atoms. The minimum Gasteiger partial charge on any atom is -0.288 e. The molecule has 2 aromatic heterocycles. The summed E-state index contributed by atoms with van der Waals surface area (Å²) in [6, 6.07) is 3.81. The highest BCUT2D eigenvalue weighted by Crippen LogP contribution is 2.48. The van der Waals surface area contributed by atoms with Crippen molar-refractivity contribution in [3.63, 3.8) is 0 Å². The number of halogens is 2. The van der Waals surface area contributed by atoms with Crippen LogP contribution >= 0.6 is 54.5 Å². The second-order valence-corrected chi connectivity index (χ2v) is 7.78. The van der Waals surface area contributed by atoms with Crippen molar-refractivity contribution < 1.29 is 4.79 Å². The van der Waals surface area contributed by atoms with E-state index in [-0.39, 0.29) is 5.78 Å². The lowest BCUT2D eigenvalue weighted by molar-refractivity contribution is 0.104. The van der Waals surface area contributed by atoms with Gasteiger partial charge in [0.05, 0.1) is 17.3 Å². The second kappa shape index (κ2) is 3.01. The van der Waals surface area contributed by atoms with Crippen LogP contribution in [0, 0.1) is 0 Å². The summed E-state index contributed by atoms with van der Waals surface area (Å²) in [7, 11) is 0. The molecule has 0 radical (unpaired) electrons. The largest absolute Gasteiger partial charge is 0.288 e. The molecule has 0 fully saturated rings. The number of carbonyl (C=O) groups is 1.